The van der Waals surface area contributed by atoms with Gasteiger partial charge in [-0.05, 0) is 36.6 Å². The average Bonchev–Trinajstić information content (AvgIpc) is 2.57. The third kappa shape index (κ3) is 2.24. The van der Waals surface area contributed by atoms with E-state index < -0.39 is 0 Å². The normalized spacial score (nSPS) is 27.8. The van der Waals surface area contributed by atoms with E-state index in [1.165, 1.54) is 6.07 Å². The molecule has 2 saturated heterocycles. The number of nitrogens with zero attached hydrogens (tertiary/aromatic N) is 1. The van der Waals surface area contributed by atoms with Gasteiger partial charge in [0.25, 0.3) is 0 Å². The molecule has 2 heterocycles. The molecule has 0 spiro atoms. The summed E-state index contributed by atoms with van der Waals surface area (Å²) in [7, 11) is 0. The standard InChI is InChI=1S/C14H15BrFNO/c15-14-4-1-10(16)5-9(14)8-17-11-2-3-12(17)7-13(18)6-11/h1,4-5,11-12H,2-3,6-8H2/t11-,12+. The Morgan fingerprint density at radius 3 is 2.61 bits per heavy atom. The Morgan fingerprint density at radius 1 is 1.28 bits per heavy atom. The summed E-state index contributed by atoms with van der Waals surface area (Å²) in [6.07, 6.45) is 3.54. The van der Waals surface area contributed by atoms with Crippen LogP contribution in [0.5, 0.6) is 0 Å². The fraction of sp³-hybridized carbons (Fsp3) is 0.500. The number of fused-ring (bicyclic) bond motifs is 2. The van der Waals surface area contributed by atoms with Gasteiger partial charge in [0, 0.05) is 35.9 Å². The lowest BCUT2D eigenvalue weighted by Gasteiger charge is -2.34. The molecule has 2 atom stereocenters. The van der Waals surface area contributed by atoms with Crippen LogP contribution in [0, 0.1) is 5.82 Å². The van der Waals surface area contributed by atoms with E-state index in [-0.39, 0.29) is 5.82 Å². The minimum absolute atomic E-state index is 0.200. The van der Waals surface area contributed by atoms with E-state index in [0.29, 0.717) is 30.7 Å². The summed E-state index contributed by atoms with van der Waals surface area (Å²) < 4.78 is 14.2. The third-order valence-corrected chi connectivity index (χ3v) is 4.83. The molecule has 0 aromatic heterocycles. The van der Waals surface area contributed by atoms with Gasteiger partial charge in [0.15, 0.2) is 0 Å². The molecule has 4 heteroatoms. The van der Waals surface area contributed by atoms with Crippen LogP contribution >= 0.6 is 15.9 Å². The van der Waals surface area contributed by atoms with Gasteiger partial charge >= 0.3 is 0 Å². The lowest BCUT2D eigenvalue weighted by atomic mass is 10.0. The lowest BCUT2D eigenvalue weighted by molar-refractivity contribution is -0.123. The second kappa shape index (κ2) is 4.74. The van der Waals surface area contributed by atoms with Crippen molar-refractivity contribution in [2.45, 2.75) is 44.3 Å². The molecule has 18 heavy (non-hydrogen) atoms. The van der Waals surface area contributed by atoms with Crippen LogP contribution in [0.1, 0.15) is 31.2 Å². The number of Topliss-reactive ketones (excluding diaryl/α,β-unsaturated/α-hetero) is 1. The summed E-state index contributed by atoms with van der Waals surface area (Å²) in [6.45, 7) is 0.737. The summed E-state index contributed by atoms with van der Waals surface area (Å²) in [5.74, 6) is 0.186. The molecule has 0 amide bonds. The second-order valence-corrected chi connectivity index (χ2v) is 6.09. The van der Waals surface area contributed by atoms with E-state index >= 15 is 0 Å². The van der Waals surface area contributed by atoms with Crippen molar-refractivity contribution in [2.75, 3.05) is 0 Å². The van der Waals surface area contributed by atoms with Crippen molar-refractivity contribution >= 4 is 21.7 Å². The van der Waals surface area contributed by atoms with E-state index in [4.69, 9.17) is 0 Å². The molecular weight excluding hydrogens is 297 g/mol. The summed E-state index contributed by atoms with van der Waals surface area (Å²) in [4.78, 5) is 13.9. The van der Waals surface area contributed by atoms with E-state index in [2.05, 4.69) is 20.8 Å². The Balaban J connectivity index is 1.81. The molecule has 2 aliphatic rings. The Morgan fingerprint density at radius 2 is 1.94 bits per heavy atom. The van der Waals surface area contributed by atoms with Crippen molar-refractivity contribution in [1.82, 2.24) is 4.90 Å². The molecule has 0 N–H and O–H groups in total. The quantitative estimate of drug-likeness (QED) is 0.835. The van der Waals surface area contributed by atoms with Crippen LogP contribution in [-0.2, 0) is 11.3 Å². The van der Waals surface area contributed by atoms with Crippen molar-refractivity contribution in [1.29, 1.82) is 0 Å². The summed E-state index contributed by atoms with van der Waals surface area (Å²) >= 11 is 3.47. The number of halogens is 2. The summed E-state index contributed by atoms with van der Waals surface area (Å²) in [5.41, 5.74) is 0.973. The highest BCUT2D eigenvalue weighted by atomic mass is 79.9. The molecule has 3 rings (SSSR count). The van der Waals surface area contributed by atoms with Crippen LogP contribution in [0.25, 0.3) is 0 Å². The van der Waals surface area contributed by atoms with Crippen molar-refractivity contribution < 1.29 is 9.18 Å². The Kier molecular flexibility index (Phi) is 3.24. The molecule has 96 valence electrons. The molecule has 2 fully saturated rings. The Hall–Kier alpha value is -0.740. The van der Waals surface area contributed by atoms with Gasteiger partial charge < -0.3 is 0 Å². The highest BCUT2D eigenvalue weighted by Crippen LogP contribution is 2.36. The van der Waals surface area contributed by atoms with Crippen LogP contribution in [0.2, 0.25) is 0 Å². The van der Waals surface area contributed by atoms with Crippen molar-refractivity contribution in [3.63, 3.8) is 0 Å². The first-order chi connectivity index (χ1) is 8.63. The second-order valence-electron chi connectivity index (χ2n) is 5.24. The van der Waals surface area contributed by atoms with Gasteiger partial charge in [-0.25, -0.2) is 4.39 Å². The minimum atomic E-state index is -0.200. The molecule has 2 aliphatic heterocycles. The zero-order valence-electron chi connectivity index (χ0n) is 10.0. The number of ketones is 1. The van der Waals surface area contributed by atoms with Gasteiger partial charge in [-0.3, -0.25) is 9.69 Å². The number of hydrogen-bond donors (Lipinski definition) is 0. The molecule has 0 aliphatic carbocycles. The average molecular weight is 312 g/mol. The number of carbonyl (C=O) groups is 1. The molecule has 2 nitrogen and oxygen atoms in total. The van der Waals surface area contributed by atoms with Gasteiger partial charge in [0.05, 0.1) is 0 Å². The molecule has 0 unspecified atom stereocenters. The highest BCUT2D eigenvalue weighted by Gasteiger charge is 2.39. The Bertz CT molecular complexity index is 475. The first-order valence-corrected chi connectivity index (χ1v) is 7.14. The van der Waals surface area contributed by atoms with Gasteiger partial charge in [0.1, 0.15) is 11.6 Å². The molecule has 0 radical (unpaired) electrons. The van der Waals surface area contributed by atoms with Crippen molar-refractivity contribution in [3.8, 4) is 0 Å². The van der Waals surface area contributed by atoms with Gasteiger partial charge in [-0.2, -0.15) is 0 Å². The minimum Gasteiger partial charge on any atom is -0.300 e. The molecule has 0 saturated carbocycles. The number of piperidine rings is 1. The molecule has 1 aromatic carbocycles. The van der Waals surface area contributed by atoms with Crippen LogP contribution in [-0.4, -0.2) is 22.8 Å². The third-order valence-electron chi connectivity index (χ3n) is 4.06. The summed E-state index contributed by atoms with van der Waals surface area (Å²) in [5, 5.41) is 0. The molecule has 1 aromatic rings. The maximum Gasteiger partial charge on any atom is 0.136 e. The maximum absolute atomic E-state index is 13.3. The maximum atomic E-state index is 13.3. The first kappa shape index (κ1) is 12.3. The SMILES string of the molecule is O=C1C[C@H]2CC[C@@H](C1)N2Cc1cc(F)ccc1Br. The highest BCUT2D eigenvalue weighted by molar-refractivity contribution is 9.10. The zero-order chi connectivity index (χ0) is 12.7. The van der Waals surface area contributed by atoms with Crippen LogP contribution < -0.4 is 0 Å². The number of hydrogen-bond acceptors (Lipinski definition) is 2. The van der Waals surface area contributed by atoms with E-state index in [9.17, 15) is 9.18 Å². The predicted octanol–water partition coefficient (Wildman–Crippen LogP) is 3.28. The van der Waals surface area contributed by atoms with Crippen molar-refractivity contribution in [2.24, 2.45) is 0 Å². The van der Waals surface area contributed by atoms with Crippen LogP contribution in [0.4, 0.5) is 4.39 Å². The number of benzene rings is 1. The van der Waals surface area contributed by atoms with E-state index in [0.717, 1.165) is 29.4 Å². The van der Waals surface area contributed by atoms with Crippen molar-refractivity contribution in [3.05, 3.63) is 34.1 Å². The van der Waals surface area contributed by atoms with Crippen LogP contribution in [0.15, 0.2) is 22.7 Å². The fourth-order valence-electron chi connectivity index (χ4n) is 3.18. The van der Waals surface area contributed by atoms with Gasteiger partial charge in [-0.15, -0.1) is 0 Å². The zero-order valence-corrected chi connectivity index (χ0v) is 11.6. The van der Waals surface area contributed by atoms with Gasteiger partial charge in [-0.1, -0.05) is 15.9 Å². The van der Waals surface area contributed by atoms with Gasteiger partial charge in [0.2, 0.25) is 0 Å². The number of rotatable bonds is 2. The Labute approximate surface area is 114 Å². The topological polar surface area (TPSA) is 20.3 Å². The largest absolute Gasteiger partial charge is 0.300 e. The summed E-state index contributed by atoms with van der Waals surface area (Å²) in [6, 6.07) is 5.53. The predicted molar refractivity (Wildman–Crippen MR) is 70.7 cm³/mol. The van der Waals surface area contributed by atoms with E-state index in [1.807, 2.05) is 0 Å². The monoisotopic (exact) mass is 311 g/mol. The fourth-order valence-corrected chi connectivity index (χ4v) is 3.55. The van der Waals surface area contributed by atoms with Crippen LogP contribution in [0.3, 0.4) is 0 Å². The van der Waals surface area contributed by atoms with E-state index in [1.54, 1.807) is 12.1 Å². The first-order valence-electron chi connectivity index (χ1n) is 6.35. The number of carbonyl (C=O) groups excluding carboxylic acids is 1. The molecule has 2 bridgehead atoms. The lowest BCUT2D eigenvalue weighted by Crippen LogP contribution is -2.42. The molecular formula is C14H15BrFNO. The smallest absolute Gasteiger partial charge is 0.136 e.